The molecule has 1 heterocycles. The number of nitrogens with zero attached hydrogens (tertiary/aromatic N) is 1. The van der Waals surface area contributed by atoms with Crippen LogP contribution < -0.4 is 5.32 Å². The Morgan fingerprint density at radius 1 is 0.970 bits per heavy atom. The van der Waals surface area contributed by atoms with Gasteiger partial charge in [-0.1, -0.05) is 13.0 Å². The highest BCUT2D eigenvalue weighted by Crippen LogP contribution is 2.62. The SMILES string of the molecule is C[C@]12C=CC(=O)CC1CC[C@@H]1[C@H]2CC[C@@]2(C)[C@H]1CCN2C(=O)NC12CC3CC(CC(C3)C1)C2. The number of hydrogen-bond acceptors (Lipinski definition) is 2. The quantitative estimate of drug-likeness (QED) is 0.556. The van der Waals surface area contributed by atoms with Gasteiger partial charge in [0.15, 0.2) is 5.78 Å². The molecule has 0 radical (unpaired) electrons. The number of amides is 2. The lowest BCUT2D eigenvalue weighted by molar-refractivity contribution is -0.121. The van der Waals surface area contributed by atoms with Gasteiger partial charge in [-0.3, -0.25) is 4.79 Å². The molecule has 4 bridgehead atoms. The fourth-order valence-corrected chi connectivity index (χ4v) is 11.2. The Bertz CT molecular complexity index is 874. The number of rotatable bonds is 1. The molecule has 7 fully saturated rings. The Hall–Kier alpha value is -1.32. The molecular formula is C29H42N2O2. The third-order valence-electron chi connectivity index (χ3n) is 12.3. The second-order valence-corrected chi connectivity index (χ2v) is 14.0. The van der Waals surface area contributed by atoms with Crippen LogP contribution in [0.15, 0.2) is 12.2 Å². The smallest absolute Gasteiger partial charge is 0.318 e. The molecule has 7 aliphatic carbocycles. The number of carbonyl (C=O) groups excluding carboxylic acids is 2. The zero-order valence-electron chi connectivity index (χ0n) is 20.7. The molecule has 0 aromatic rings. The molecule has 8 aliphatic rings. The van der Waals surface area contributed by atoms with Gasteiger partial charge in [-0.25, -0.2) is 4.79 Å². The Morgan fingerprint density at radius 2 is 1.67 bits per heavy atom. The van der Waals surface area contributed by atoms with Gasteiger partial charge in [-0.05, 0) is 130 Å². The van der Waals surface area contributed by atoms with Crippen molar-refractivity contribution in [3.05, 3.63) is 12.2 Å². The van der Waals surface area contributed by atoms with Crippen LogP contribution in [-0.2, 0) is 4.79 Å². The fourth-order valence-electron chi connectivity index (χ4n) is 11.2. The van der Waals surface area contributed by atoms with Crippen LogP contribution in [-0.4, -0.2) is 34.3 Å². The third kappa shape index (κ3) is 2.94. The monoisotopic (exact) mass is 450 g/mol. The molecule has 4 nitrogen and oxygen atoms in total. The summed E-state index contributed by atoms with van der Waals surface area (Å²) in [4.78, 5) is 28.2. The van der Waals surface area contributed by atoms with Gasteiger partial charge in [0, 0.05) is 24.0 Å². The first kappa shape index (κ1) is 21.0. The highest BCUT2D eigenvalue weighted by atomic mass is 16.2. The van der Waals surface area contributed by atoms with E-state index < -0.39 is 0 Å². The average Bonchev–Trinajstić information content (AvgIpc) is 3.10. The second-order valence-electron chi connectivity index (χ2n) is 14.0. The predicted molar refractivity (Wildman–Crippen MR) is 128 cm³/mol. The molecule has 6 saturated carbocycles. The van der Waals surface area contributed by atoms with E-state index in [1.54, 1.807) is 0 Å². The molecule has 180 valence electrons. The van der Waals surface area contributed by atoms with Crippen LogP contribution in [0.4, 0.5) is 4.79 Å². The van der Waals surface area contributed by atoms with E-state index in [0.29, 0.717) is 29.5 Å². The minimum Gasteiger partial charge on any atom is -0.333 e. The largest absolute Gasteiger partial charge is 0.333 e. The van der Waals surface area contributed by atoms with Crippen molar-refractivity contribution in [1.29, 1.82) is 0 Å². The van der Waals surface area contributed by atoms with Gasteiger partial charge in [-0.2, -0.15) is 0 Å². The fraction of sp³-hybridized carbons (Fsp3) is 0.862. The van der Waals surface area contributed by atoms with Crippen LogP contribution in [0.3, 0.4) is 0 Å². The van der Waals surface area contributed by atoms with Crippen LogP contribution in [0.5, 0.6) is 0 Å². The van der Waals surface area contributed by atoms with E-state index in [1.165, 1.54) is 57.8 Å². The number of likely N-dealkylation sites (tertiary alicyclic amines) is 1. The van der Waals surface area contributed by atoms with Crippen LogP contribution in [0, 0.1) is 46.8 Å². The molecule has 2 amide bonds. The highest BCUT2D eigenvalue weighted by Gasteiger charge is 2.61. The predicted octanol–water partition coefficient (Wildman–Crippen LogP) is 5.72. The first-order chi connectivity index (χ1) is 15.8. The molecule has 0 aromatic carbocycles. The molecule has 33 heavy (non-hydrogen) atoms. The second kappa shape index (κ2) is 6.88. The van der Waals surface area contributed by atoms with E-state index in [0.717, 1.165) is 43.6 Å². The zero-order chi connectivity index (χ0) is 22.6. The van der Waals surface area contributed by atoms with Crippen molar-refractivity contribution in [2.75, 3.05) is 6.54 Å². The average molecular weight is 451 g/mol. The van der Waals surface area contributed by atoms with Crippen LogP contribution >= 0.6 is 0 Å². The van der Waals surface area contributed by atoms with Gasteiger partial charge in [0.2, 0.25) is 0 Å². The number of allylic oxidation sites excluding steroid dienone is 2. The standard InChI is InChI=1S/C29H42N2O2/c1-27-8-5-22(32)14-21(27)3-4-23-24(27)6-9-28(2)25(23)7-10-31(28)26(33)30-29-15-18-11-19(16-29)13-20(12-18)17-29/h5,8,18-21,23-25H,3-4,6-7,9-17H2,1-2H3,(H,30,33)/t18?,19?,20?,21?,23-,24-,25+,27+,28+,29?/m1/s1. The van der Waals surface area contributed by atoms with Gasteiger partial charge < -0.3 is 10.2 Å². The molecule has 0 aromatic heterocycles. The molecule has 4 heteroatoms. The lowest BCUT2D eigenvalue weighted by Crippen LogP contribution is -2.65. The summed E-state index contributed by atoms with van der Waals surface area (Å²) in [7, 11) is 0. The topological polar surface area (TPSA) is 49.4 Å². The molecule has 1 N–H and O–H groups in total. The maximum Gasteiger partial charge on any atom is 0.318 e. The number of carbonyl (C=O) groups is 2. The van der Waals surface area contributed by atoms with Crippen LogP contribution in [0.2, 0.25) is 0 Å². The maximum absolute atomic E-state index is 13.8. The van der Waals surface area contributed by atoms with E-state index in [2.05, 4.69) is 30.1 Å². The van der Waals surface area contributed by atoms with Crippen LogP contribution in [0.1, 0.15) is 90.9 Å². The number of ketones is 1. The first-order valence-electron chi connectivity index (χ1n) is 14.1. The van der Waals surface area contributed by atoms with Gasteiger partial charge in [0.25, 0.3) is 0 Å². The summed E-state index contributed by atoms with van der Waals surface area (Å²) in [6, 6.07) is 0.253. The lowest BCUT2D eigenvalue weighted by Gasteiger charge is -2.59. The summed E-state index contributed by atoms with van der Waals surface area (Å²) in [5.74, 6) is 5.41. The third-order valence-corrected chi connectivity index (χ3v) is 12.3. The molecule has 8 rings (SSSR count). The maximum atomic E-state index is 13.8. The summed E-state index contributed by atoms with van der Waals surface area (Å²) in [5.41, 5.74) is 0.278. The molecule has 6 atom stereocenters. The van der Waals surface area contributed by atoms with Crippen LogP contribution in [0.25, 0.3) is 0 Å². The number of hydrogen-bond donors (Lipinski definition) is 1. The molecule has 1 saturated heterocycles. The minimum absolute atomic E-state index is 0.00490. The van der Waals surface area contributed by atoms with E-state index in [4.69, 9.17) is 0 Å². The van der Waals surface area contributed by atoms with Crippen molar-refractivity contribution in [1.82, 2.24) is 10.2 Å². The van der Waals surface area contributed by atoms with Crippen molar-refractivity contribution < 1.29 is 9.59 Å². The summed E-state index contributed by atoms with van der Waals surface area (Å²) >= 11 is 0. The summed E-state index contributed by atoms with van der Waals surface area (Å²) in [6.07, 6.45) is 18.8. The molecular weight excluding hydrogens is 408 g/mol. The number of urea groups is 1. The highest BCUT2D eigenvalue weighted by molar-refractivity contribution is 5.91. The van der Waals surface area contributed by atoms with Gasteiger partial charge >= 0.3 is 6.03 Å². The molecule has 1 aliphatic heterocycles. The number of nitrogens with one attached hydrogen (secondary N) is 1. The van der Waals surface area contributed by atoms with Crippen molar-refractivity contribution in [2.24, 2.45) is 46.8 Å². The van der Waals surface area contributed by atoms with Gasteiger partial charge in [0.05, 0.1) is 0 Å². The summed E-state index contributed by atoms with van der Waals surface area (Å²) in [5, 5.41) is 3.69. The van der Waals surface area contributed by atoms with E-state index >= 15 is 0 Å². The molecule has 0 spiro atoms. The van der Waals surface area contributed by atoms with E-state index in [-0.39, 0.29) is 22.5 Å². The van der Waals surface area contributed by atoms with E-state index in [1.807, 2.05) is 6.08 Å². The van der Waals surface area contributed by atoms with Gasteiger partial charge in [0.1, 0.15) is 0 Å². The number of fused-ring (bicyclic) bond motifs is 5. The van der Waals surface area contributed by atoms with Crippen molar-refractivity contribution in [3.63, 3.8) is 0 Å². The lowest BCUT2D eigenvalue weighted by atomic mass is 9.47. The van der Waals surface area contributed by atoms with Crippen molar-refractivity contribution in [2.45, 2.75) is 102 Å². The first-order valence-corrected chi connectivity index (χ1v) is 14.1. The Morgan fingerprint density at radius 3 is 2.36 bits per heavy atom. The van der Waals surface area contributed by atoms with E-state index in [9.17, 15) is 9.59 Å². The Kier molecular flexibility index (Phi) is 4.38. The van der Waals surface area contributed by atoms with Gasteiger partial charge in [-0.15, -0.1) is 0 Å². The summed E-state index contributed by atoms with van der Waals surface area (Å²) < 4.78 is 0. The van der Waals surface area contributed by atoms with Crippen molar-refractivity contribution >= 4 is 11.8 Å². The normalized spacial score (nSPS) is 54.1. The van der Waals surface area contributed by atoms with Crippen molar-refractivity contribution in [3.8, 4) is 0 Å². The Labute approximate surface area is 199 Å². The Balaban J connectivity index is 1.11. The minimum atomic E-state index is 0.00490. The zero-order valence-corrected chi connectivity index (χ0v) is 20.7. The molecule has 1 unspecified atom stereocenters. The summed E-state index contributed by atoms with van der Waals surface area (Å²) in [6.45, 7) is 5.78.